The molecule has 134 valence electrons. The first kappa shape index (κ1) is 17.1. The van der Waals surface area contributed by atoms with E-state index >= 15 is 0 Å². The number of aliphatic hydroxyl groups is 1. The summed E-state index contributed by atoms with van der Waals surface area (Å²) in [5.41, 5.74) is 2.47. The second-order valence-electron chi connectivity index (χ2n) is 7.42. The molecule has 2 aromatic rings. The summed E-state index contributed by atoms with van der Waals surface area (Å²) < 4.78 is 6.45. The van der Waals surface area contributed by atoms with Crippen molar-refractivity contribution >= 4 is 22.5 Å². The van der Waals surface area contributed by atoms with Crippen molar-refractivity contribution in [3.63, 3.8) is 0 Å². The summed E-state index contributed by atoms with van der Waals surface area (Å²) in [7, 11) is 0. The largest absolute Gasteiger partial charge is 0.484 e. The van der Waals surface area contributed by atoms with E-state index in [0.717, 1.165) is 66.4 Å². The van der Waals surface area contributed by atoms with E-state index in [9.17, 15) is 5.11 Å². The highest BCUT2D eigenvalue weighted by molar-refractivity contribution is 6.29. The van der Waals surface area contributed by atoms with Gasteiger partial charge in [-0.15, -0.1) is 0 Å². The topological polar surface area (TPSA) is 54.4 Å². The molecule has 0 amide bonds. The Morgan fingerprint density at radius 2 is 2.08 bits per heavy atom. The van der Waals surface area contributed by atoms with Crippen LogP contribution < -0.4 is 10.1 Å². The van der Waals surface area contributed by atoms with E-state index in [-0.39, 0.29) is 6.04 Å². The number of nitrogens with zero attached hydrogens (tertiary/aromatic N) is 1. The molecule has 5 heteroatoms. The van der Waals surface area contributed by atoms with Crippen molar-refractivity contribution in [3.8, 4) is 5.75 Å². The van der Waals surface area contributed by atoms with E-state index in [1.165, 1.54) is 0 Å². The van der Waals surface area contributed by atoms with Crippen molar-refractivity contribution in [1.29, 1.82) is 0 Å². The van der Waals surface area contributed by atoms with Crippen molar-refractivity contribution in [3.05, 3.63) is 34.5 Å². The van der Waals surface area contributed by atoms with Gasteiger partial charge in [0.15, 0.2) is 0 Å². The fourth-order valence-corrected chi connectivity index (χ4v) is 4.63. The molecule has 2 unspecified atom stereocenters. The summed E-state index contributed by atoms with van der Waals surface area (Å²) in [4.78, 5) is 4.47. The highest BCUT2D eigenvalue weighted by atomic mass is 35.5. The van der Waals surface area contributed by atoms with E-state index in [4.69, 9.17) is 16.3 Å². The highest BCUT2D eigenvalue weighted by Crippen LogP contribution is 2.48. The van der Waals surface area contributed by atoms with Gasteiger partial charge in [-0.05, 0) is 69.3 Å². The molecule has 1 fully saturated rings. The molecule has 0 bridgehead atoms. The first-order chi connectivity index (χ1) is 12.0. The van der Waals surface area contributed by atoms with Crippen molar-refractivity contribution in [1.82, 2.24) is 10.3 Å². The zero-order valence-corrected chi connectivity index (χ0v) is 15.6. The first-order valence-corrected chi connectivity index (χ1v) is 9.63. The predicted octanol–water partition coefficient (Wildman–Crippen LogP) is 4.30. The lowest BCUT2D eigenvalue weighted by Crippen LogP contribution is -2.54. The first-order valence-electron chi connectivity index (χ1n) is 9.25. The number of rotatable bonds is 3. The van der Waals surface area contributed by atoms with Crippen LogP contribution >= 0.6 is 11.6 Å². The highest BCUT2D eigenvalue weighted by Gasteiger charge is 2.50. The number of hydrogen-bond donors (Lipinski definition) is 2. The predicted molar refractivity (Wildman–Crippen MR) is 100 cm³/mol. The molecule has 25 heavy (non-hydrogen) atoms. The number of aryl methyl sites for hydroxylation is 1. The third-order valence-corrected chi connectivity index (χ3v) is 5.88. The Morgan fingerprint density at radius 1 is 1.32 bits per heavy atom. The van der Waals surface area contributed by atoms with E-state index in [1.54, 1.807) is 0 Å². The van der Waals surface area contributed by atoms with Crippen molar-refractivity contribution in [2.45, 2.75) is 63.7 Å². The van der Waals surface area contributed by atoms with Crippen LogP contribution in [0.2, 0.25) is 5.15 Å². The monoisotopic (exact) mass is 360 g/mol. The maximum absolute atomic E-state index is 11.1. The Hall–Kier alpha value is -1.36. The third kappa shape index (κ3) is 2.80. The Labute approximate surface area is 153 Å². The van der Waals surface area contributed by atoms with Crippen molar-refractivity contribution in [2.75, 3.05) is 6.54 Å². The molecule has 1 aliphatic carbocycles. The molecule has 4 rings (SSSR count). The number of benzene rings is 1. The zero-order valence-electron chi connectivity index (χ0n) is 14.8. The second kappa shape index (κ2) is 6.42. The fraction of sp³-hybridized carbons (Fsp3) is 0.550. The van der Waals surface area contributed by atoms with E-state index in [0.29, 0.717) is 5.15 Å². The van der Waals surface area contributed by atoms with E-state index in [2.05, 4.69) is 23.3 Å². The lowest BCUT2D eigenvalue weighted by Gasteiger charge is -2.44. The van der Waals surface area contributed by atoms with E-state index < -0.39 is 11.7 Å². The number of aliphatic hydroxyl groups excluding tert-OH is 1. The SMILES string of the molecule is CCCNC1c2cc3nc(Cl)cc(C)c3cc2OC2(CCCC2)C1O. The van der Waals surface area contributed by atoms with Gasteiger partial charge >= 0.3 is 0 Å². The summed E-state index contributed by atoms with van der Waals surface area (Å²) in [6.45, 7) is 5.03. The summed E-state index contributed by atoms with van der Waals surface area (Å²) in [5.74, 6) is 0.875. The van der Waals surface area contributed by atoms with Crippen LogP contribution in [0, 0.1) is 6.92 Å². The number of fused-ring (bicyclic) bond motifs is 2. The number of halogens is 1. The summed E-state index contributed by atoms with van der Waals surface area (Å²) in [6, 6.07) is 5.86. The molecule has 1 saturated carbocycles. The quantitative estimate of drug-likeness (QED) is 0.801. The Balaban J connectivity index is 1.87. The molecule has 2 N–H and O–H groups in total. The fourth-order valence-electron chi connectivity index (χ4n) is 4.37. The average molecular weight is 361 g/mol. The van der Waals surface area contributed by atoms with Gasteiger partial charge in [0.2, 0.25) is 0 Å². The van der Waals surface area contributed by atoms with Gasteiger partial charge in [0.25, 0.3) is 0 Å². The summed E-state index contributed by atoms with van der Waals surface area (Å²) in [6.07, 6.45) is 4.50. The minimum absolute atomic E-state index is 0.132. The molecule has 2 heterocycles. The van der Waals surface area contributed by atoms with Crippen LogP contribution in [0.25, 0.3) is 10.9 Å². The molecule has 1 spiro atoms. The van der Waals surface area contributed by atoms with Gasteiger partial charge in [-0.1, -0.05) is 18.5 Å². The van der Waals surface area contributed by atoms with Crippen LogP contribution in [-0.4, -0.2) is 28.3 Å². The Morgan fingerprint density at radius 3 is 2.80 bits per heavy atom. The number of nitrogens with one attached hydrogen (secondary N) is 1. The third-order valence-electron chi connectivity index (χ3n) is 5.68. The molecular formula is C20H25ClN2O2. The molecule has 4 nitrogen and oxygen atoms in total. The Kier molecular flexibility index (Phi) is 4.38. The van der Waals surface area contributed by atoms with Crippen molar-refractivity contribution in [2.24, 2.45) is 0 Å². The molecule has 1 aliphatic heterocycles. The van der Waals surface area contributed by atoms with Crippen LogP contribution in [0.4, 0.5) is 0 Å². The molecule has 2 aliphatic rings. The normalized spacial score (nSPS) is 24.5. The van der Waals surface area contributed by atoms with Crippen LogP contribution in [0.5, 0.6) is 5.75 Å². The minimum atomic E-state index is -0.549. The summed E-state index contributed by atoms with van der Waals surface area (Å²) in [5, 5.41) is 16.2. The molecule has 0 radical (unpaired) electrons. The number of pyridine rings is 1. The van der Waals surface area contributed by atoms with Gasteiger partial charge in [-0.3, -0.25) is 0 Å². The molecule has 2 atom stereocenters. The molecule has 0 saturated heterocycles. The van der Waals surface area contributed by atoms with Gasteiger partial charge in [0.1, 0.15) is 22.6 Å². The standard InChI is InChI=1S/C20H25ClN2O2/c1-3-8-22-18-14-10-15-13(12(2)9-17(21)23-15)11-16(14)25-20(19(18)24)6-4-5-7-20/h9-11,18-19,22,24H,3-8H2,1-2H3. The van der Waals surface area contributed by atoms with Gasteiger partial charge in [-0.2, -0.15) is 0 Å². The van der Waals surface area contributed by atoms with Gasteiger partial charge in [0.05, 0.1) is 11.6 Å². The second-order valence-corrected chi connectivity index (χ2v) is 7.81. The molecular weight excluding hydrogens is 336 g/mol. The smallest absolute Gasteiger partial charge is 0.137 e. The van der Waals surface area contributed by atoms with Crippen LogP contribution in [-0.2, 0) is 0 Å². The maximum Gasteiger partial charge on any atom is 0.137 e. The molecule has 1 aromatic carbocycles. The average Bonchev–Trinajstić information content (AvgIpc) is 3.04. The van der Waals surface area contributed by atoms with Gasteiger partial charge in [-0.25, -0.2) is 4.98 Å². The zero-order chi connectivity index (χ0) is 17.6. The van der Waals surface area contributed by atoms with Gasteiger partial charge < -0.3 is 15.2 Å². The van der Waals surface area contributed by atoms with Crippen LogP contribution in [0.1, 0.15) is 56.2 Å². The van der Waals surface area contributed by atoms with Crippen LogP contribution in [0.3, 0.4) is 0 Å². The number of ether oxygens (including phenoxy) is 1. The van der Waals surface area contributed by atoms with Crippen molar-refractivity contribution < 1.29 is 9.84 Å². The minimum Gasteiger partial charge on any atom is -0.484 e. The summed E-state index contributed by atoms with van der Waals surface area (Å²) >= 11 is 6.15. The maximum atomic E-state index is 11.1. The van der Waals surface area contributed by atoms with Crippen LogP contribution in [0.15, 0.2) is 18.2 Å². The number of hydrogen-bond acceptors (Lipinski definition) is 4. The Bertz CT molecular complexity index is 802. The van der Waals surface area contributed by atoms with Gasteiger partial charge in [0, 0.05) is 10.9 Å². The van der Waals surface area contributed by atoms with E-state index in [1.807, 2.05) is 19.1 Å². The molecule has 1 aromatic heterocycles. The number of aromatic nitrogens is 1. The lowest BCUT2D eigenvalue weighted by atomic mass is 9.82. The lowest BCUT2D eigenvalue weighted by molar-refractivity contribution is -0.0832.